The van der Waals surface area contributed by atoms with E-state index < -0.39 is 22.7 Å². The smallest absolute Gasteiger partial charge is 0.240 e. The van der Waals surface area contributed by atoms with E-state index in [0.717, 1.165) is 0 Å². The fraction of sp³-hybridized carbons (Fsp3) is 0.333. The molecule has 0 spiro atoms. The van der Waals surface area contributed by atoms with Gasteiger partial charge in [0.2, 0.25) is 11.8 Å². The summed E-state index contributed by atoms with van der Waals surface area (Å²) in [7, 11) is -1.19. The Kier molecular flexibility index (Phi) is 5.51. The normalized spacial score (nSPS) is 13.6. The maximum Gasteiger partial charge on any atom is 0.240 e. The second kappa shape index (κ2) is 6.90. The fourth-order valence-corrected chi connectivity index (χ4v) is 2.59. The fourth-order valence-electron chi connectivity index (χ4n) is 1.45. The summed E-state index contributed by atoms with van der Waals surface area (Å²) in [4.78, 5) is 22.7. The summed E-state index contributed by atoms with van der Waals surface area (Å²) in [6, 6.07) is 8.18. The van der Waals surface area contributed by atoms with Gasteiger partial charge in [-0.2, -0.15) is 0 Å². The first kappa shape index (κ1) is 14.4. The standard InChI is InChI=1S/C12H16N2O3S/c1-9(15)14-11(12(13)16)7-8-18(17)10-5-3-2-4-6-10/h2-6,11H,7-8H2,1H3,(H2,13,16)(H,14,15)/t11-,18+/m1/s1. The zero-order valence-corrected chi connectivity index (χ0v) is 10.9. The van der Waals surface area contributed by atoms with Gasteiger partial charge in [-0.05, 0) is 18.6 Å². The van der Waals surface area contributed by atoms with Crippen molar-refractivity contribution in [2.45, 2.75) is 24.3 Å². The van der Waals surface area contributed by atoms with E-state index >= 15 is 0 Å². The highest BCUT2D eigenvalue weighted by Crippen LogP contribution is 2.07. The Morgan fingerprint density at radius 3 is 2.44 bits per heavy atom. The molecule has 1 aromatic carbocycles. The Balaban J connectivity index is 2.55. The quantitative estimate of drug-likeness (QED) is 0.771. The van der Waals surface area contributed by atoms with Crippen molar-refractivity contribution in [3.8, 4) is 0 Å². The van der Waals surface area contributed by atoms with Crippen LogP contribution >= 0.6 is 0 Å². The second-order valence-electron chi connectivity index (χ2n) is 3.81. The van der Waals surface area contributed by atoms with Crippen LogP contribution in [-0.2, 0) is 20.4 Å². The van der Waals surface area contributed by atoms with Crippen LogP contribution < -0.4 is 11.1 Å². The molecule has 18 heavy (non-hydrogen) atoms. The number of nitrogens with two attached hydrogens (primary N) is 1. The first-order valence-electron chi connectivity index (χ1n) is 5.50. The number of primary amides is 1. The zero-order valence-electron chi connectivity index (χ0n) is 10.1. The number of hydrogen-bond donors (Lipinski definition) is 2. The Morgan fingerprint density at radius 1 is 1.33 bits per heavy atom. The van der Waals surface area contributed by atoms with Gasteiger partial charge in [-0.25, -0.2) is 0 Å². The highest BCUT2D eigenvalue weighted by atomic mass is 32.2. The Morgan fingerprint density at radius 2 is 1.94 bits per heavy atom. The topological polar surface area (TPSA) is 89.3 Å². The molecule has 0 aliphatic rings. The summed E-state index contributed by atoms with van der Waals surface area (Å²) >= 11 is 0. The molecule has 0 aliphatic heterocycles. The molecule has 0 aromatic heterocycles. The molecule has 2 amide bonds. The summed E-state index contributed by atoms with van der Waals surface area (Å²) in [5.41, 5.74) is 5.16. The summed E-state index contributed by atoms with van der Waals surface area (Å²) < 4.78 is 11.9. The lowest BCUT2D eigenvalue weighted by atomic mass is 10.2. The molecule has 5 nitrogen and oxygen atoms in total. The predicted octanol–water partition coefficient (Wildman–Crippen LogP) is 0.174. The van der Waals surface area contributed by atoms with Gasteiger partial charge in [0.25, 0.3) is 0 Å². The lowest BCUT2D eigenvalue weighted by molar-refractivity contribution is -0.126. The summed E-state index contributed by atoms with van der Waals surface area (Å²) in [5, 5.41) is 2.44. The van der Waals surface area contributed by atoms with Crippen molar-refractivity contribution in [2.75, 3.05) is 5.75 Å². The first-order chi connectivity index (χ1) is 8.50. The van der Waals surface area contributed by atoms with Crippen LogP contribution in [0, 0.1) is 0 Å². The van der Waals surface area contributed by atoms with Crippen LogP contribution in [0.5, 0.6) is 0 Å². The van der Waals surface area contributed by atoms with Crippen molar-refractivity contribution in [1.82, 2.24) is 5.32 Å². The van der Waals surface area contributed by atoms with Gasteiger partial charge in [0.1, 0.15) is 6.04 Å². The maximum atomic E-state index is 11.9. The molecule has 1 aromatic rings. The molecule has 6 heteroatoms. The largest absolute Gasteiger partial charge is 0.368 e. The molecule has 0 radical (unpaired) electrons. The molecule has 0 bridgehead atoms. The summed E-state index contributed by atoms with van der Waals surface area (Å²) in [5.74, 6) is -0.669. The molecular weight excluding hydrogens is 252 g/mol. The van der Waals surface area contributed by atoms with Crippen molar-refractivity contribution >= 4 is 22.6 Å². The van der Waals surface area contributed by atoms with Crippen LogP contribution in [-0.4, -0.2) is 27.8 Å². The lowest BCUT2D eigenvalue weighted by Crippen LogP contribution is -2.44. The van der Waals surface area contributed by atoms with Crippen LogP contribution in [0.4, 0.5) is 0 Å². The second-order valence-corrected chi connectivity index (χ2v) is 5.38. The molecular formula is C12H16N2O3S. The predicted molar refractivity (Wildman–Crippen MR) is 69.1 cm³/mol. The van der Waals surface area contributed by atoms with Crippen molar-refractivity contribution in [1.29, 1.82) is 0 Å². The third-order valence-electron chi connectivity index (χ3n) is 2.32. The van der Waals surface area contributed by atoms with Crippen LogP contribution in [0.25, 0.3) is 0 Å². The molecule has 3 N–H and O–H groups in total. The highest BCUT2D eigenvalue weighted by molar-refractivity contribution is 7.85. The lowest BCUT2D eigenvalue weighted by Gasteiger charge is -2.13. The third-order valence-corrected chi connectivity index (χ3v) is 3.72. The van der Waals surface area contributed by atoms with Gasteiger partial charge in [0.05, 0.1) is 10.8 Å². The highest BCUT2D eigenvalue weighted by Gasteiger charge is 2.17. The van der Waals surface area contributed by atoms with E-state index in [-0.39, 0.29) is 18.1 Å². The summed E-state index contributed by atoms with van der Waals surface area (Å²) in [6.07, 6.45) is 0.260. The zero-order chi connectivity index (χ0) is 13.5. The van der Waals surface area contributed by atoms with Crippen molar-refractivity contribution < 1.29 is 13.8 Å². The number of carbonyl (C=O) groups is 2. The number of amides is 2. The molecule has 1 rings (SSSR count). The van der Waals surface area contributed by atoms with Crippen molar-refractivity contribution in [3.63, 3.8) is 0 Å². The van der Waals surface area contributed by atoms with Crippen LogP contribution in [0.1, 0.15) is 13.3 Å². The average Bonchev–Trinajstić information content (AvgIpc) is 2.34. The van der Waals surface area contributed by atoms with Gasteiger partial charge in [-0.1, -0.05) is 18.2 Å². The number of rotatable bonds is 6. The molecule has 0 unspecified atom stereocenters. The Labute approximate surface area is 108 Å². The molecule has 0 aliphatic carbocycles. The van der Waals surface area contributed by atoms with Gasteiger partial charge < -0.3 is 11.1 Å². The SMILES string of the molecule is CC(=O)N[C@H](CC[S@](=O)c1ccccc1)C(N)=O. The van der Waals surface area contributed by atoms with Gasteiger partial charge in [0, 0.05) is 17.6 Å². The molecule has 0 fully saturated rings. The van der Waals surface area contributed by atoms with E-state index in [0.29, 0.717) is 4.90 Å². The van der Waals surface area contributed by atoms with E-state index in [4.69, 9.17) is 5.73 Å². The van der Waals surface area contributed by atoms with Gasteiger partial charge >= 0.3 is 0 Å². The van der Waals surface area contributed by atoms with Crippen LogP contribution in [0.15, 0.2) is 35.2 Å². The Hall–Kier alpha value is -1.69. The number of carbonyl (C=O) groups excluding carboxylic acids is 2. The van der Waals surface area contributed by atoms with Crippen LogP contribution in [0.2, 0.25) is 0 Å². The van der Waals surface area contributed by atoms with E-state index in [1.54, 1.807) is 24.3 Å². The van der Waals surface area contributed by atoms with E-state index in [1.807, 2.05) is 6.07 Å². The van der Waals surface area contributed by atoms with Gasteiger partial charge in [-0.3, -0.25) is 13.8 Å². The minimum absolute atomic E-state index is 0.260. The van der Waals surface area contributed by atoms with Gasteiger partial charge in [0.15, 0.2) is 0 Å². The van der Waals surface area contributed by atoms with Crippen molar-refractivity contribution in [3.05, 3.63) is 30.3 Å². The van der Waals surface area contributed by atoms with Crippen LogP contribution in [0.3, 0.4) is 0 Å². The minimum atomic E-state index is -1.19. The number of hydrogen-bond acceptors (Lipinski definition) is 3. The monoisotopic (exact) mass is 268 g/mol. The molecule has 0 saturated heterocycles. The first-order valence-corrected chi connectivity index (χ1v) is 6.82. The van der Waals surface area contributed by atoms with E-state index in [2.05, 4.69) is 5.32 Å². The summed E-state index contributed by atoms with van der Waals surface area (Å²) in [6.45, 7) is 1.31. The number of benzene rings is 1. The van der Waals surface area contributed by atoms with Crippen molar-refractivity contribution in [2.24, 2.45) is 5.73 Å². The van der Waals surface area contributed by atoms with E-state index in [1.165, 1.54) is 6.92 Å². The maximum absolute atomic E-state index is 11.9. The molecule has 2 atom stereocenters. The minimum Gasteiger partial charge on any atom is -0.368 e. The molecule has 98 valence electrons. The third kappa shape index (κ3) is 4.67. The van der Waals surface area contributed by atoms with E-state index in [9.17, 15) is 13.8 Å². The molecule has 0 saturated carbocycles. The average molecular weight is 268 g/mol. The van der Waals surface area contributed by atoms with Gasteiger partial charge in [-0.15, -0.1) is 0 Å². The molecule has 0 heterocycles. The number of nitrogens with one attached hydrogen (secondary N) is 1. The Bertz CT molecular complexity index is 448.